The van der Waals surface area contributed by atoms with Crippen LogP contribution < -0.4 is 11.1 Å². The van der Waals surface area contributed by atoms with Crippen LogP contribution in [0.4, 0.5) is 4.39 Å². The number of carbonyl (C=O) groups is 1. The summed E-state index contributed by atoms with van der Waals surface area (Å²) in [6.07, 6.45) is 0. The second-order valence-corrected chi connectivity index (χ2v) is 3.99. The molecule has 4 heteroatoms. The van der Waals surface area contributed by atoms with Crippen LogP contribution in [0.1, 0.15) is 25.5 Å². The summed E-state index contributed by atoms with van der Waals surface area (Å²) in [6.45, 7) is 4.17. The lowest BCUT2D eigenvalue weighted by Gasteiger charge is -2.16. The van der Waals surface area contributed by atoms with Crippen molar-refractivity contribution >= 4 is 5.91 Å². The number of rotatable bonds is 5. The molecule has 0 aromatic heterocycles. The van der Waals surface area contributed by atoms with Crippen LogP contribution in [0, 0.1) is 11.7 Å². The average Bonchev–Trinajstić information content (AvgIpc) is 2.25. The maximum atomic E-state index is 13.0. The first-order chi connectivity index (χ1) is 7.50. The predicted molar refractivity (Wildman–Crippen MR) is 61.2 cm³/mol. The molecule has 1 amide bonds. The molecule has 3 N–H and O–H groups in total. The van der Waals surface area contributed by atoms with Crippen molar-refractivity contribution in [2.75, 3.05) is 6.54 Å². The smallest absolute Gasteiger partial charge is 0.221 e. The minimum absolute atomic E-state index is 0.00231. The highest BCUT2D eigenvalue weighted by Crippen LogP contribution is 2.13. The molecule has 0 radical (unpaired) electrons. The van der Waals surface area contributed by atoms with Crippen molar-refractivity contribution in [1.29, 1.82) is 0 Å². The highest BCUT2D eigenvalue weighted by molar-refractivity contribution is 5.76. The average molecular weight is 224 g/mol. The number of primary amides is 1. The Morgan fingerprint density at radius 2 is 2.19 bits per heavy atom. The number of hydrogen-bond acceptors (Lipinski definition) is 2. The van der Waals surface area contributed by atoms with Gasteiger partial charge >= 0.3 is 0 Å². The Bertz CT molecular complexity index is 368. The van der Waals surface area contributed by atoms with Crippen molar-refractivity contribution in [2.24, 2.45) is 11.7 Å². The number of nitrogens with two attached hydrogens (primary N) is 1. The summed E-state index contributed by atoms with van der Waals surface area (Å²) in [7, 11) is 0. The molecule has 1 rings (SSSR count). The molecule has 0 fully saturated rings. The van der Waals surface area contributed by atoms with Crippen LogP contribution in [-0.4, -0.2) is 12.5 Å². The van der Waals surface area contributed by atoms with Crippen LogP contribution in [-0.2, 0) is 4.79 Å². The van der Waals surface area contributed by atoms with Gasteiger partial charge in [-0.3, -0.25) is 4.79 Å². The predicted octanol–water partition coefficient (Wildman–Crippen LogP) is 1.60. The Hall–Kier alpha value is -1.42. The largest absolute Gasteiger partial charge is 0.369 e. The van der Waals surface area contributed by atoms with E-state index in [-0.39, 0.29) is 23.7 Å². The van der Waals surface area contributed by atoms with Gasteiger partial charge in [0, 0.05) is 18.5 Å². The summed E-state index contributed by atoms with van der Waals surface area (Å²) in [5.74, 6) is -0.816. The molecule has 0 saturated heterocycles. The normalized spacial score (nSPS) is 14.4. The van der Waals surface area contributed by atoms with E-state index in [0.717, 1.165) is 5.56 Å². The third-order valence-electron chi connectivity index (χ3n) is 2.56. The molecular formula is C12H17FN2O. The lowest BCUT2D eigenvalue weighted by atomic mass is 10.1. The first kappa shape index (κ1) is 12.6. The van der Waals surface area contributed by atoms with Crippen molar-refractivity contribution in [3.8, 4) is 0 Å². The Balaban J connectivity index is 2.52. The number of benzene rings is 1. The maximum Gasteiger partial charge on any atom is 0.221 e. The van der Waals surface area contributed by atoms with Gasteiger partial charge in [-0.1, -0.05) is 19.1 Å². The van der Waals surface area contributed by atoms with Gasteiger partial charge in [-0.05, 0) is 24.6 Å². The Kier molecular flexibility index (Phi) is 4.43. The lowest BCUT2D eigenvalue weighted by molar-refractivity contribution is -0.121. The molecule has 1 aromatic carbocycles. The molecule has 0 aliphatic rings. The fourth-order valence-electron chi connectivity index (χ4n) is 1.35. The minimum Gasteiger partial charge on any atom is -0.369 e. The fourth-order valence-corrected chi connectivity index (χ4v) is 1.35. The van der Waals surface area contributed by atoms with E-state index in [1.54, 1.807) is 13.0 Å². The van der Waals surface area contributed by atoms with Gasteiger partial charge in [0.1, 0.15) is 5.82 Å². The van der Waals surface area contributed by atoms with Crippen LogP contribution in [0.3, 0.4) is 0 Å². The molecule has 1 unspecified atom stereocenters. The van der Waals surface area contributed by atoms with Crippen LogP contribution in [0.5, 0.6) is 0 Å². The number of halogens is 1. The van der Waals surface area contributed by atoms with E-state index in [0.29, 0.717) is 6.54 Å². The van der Waals surface area contributed by atoms with E-state index in [9.17, 15) is 9.18 Å². The summed E-state index contributed by atoms with van der Waals surface area (Å²) >= 11 is 0. The zero-order valence-corrected chi connectivity index (χ0v) is 9.53. The molecule has 1 aromatic rings. The standard InChI is InChI=1S/C12H17FN2O/c1-8(12(14)16)7-15-9(2)10-4-3-5-11(13)6-10/h3-6,8-9,15H,7H2,1-2H3,(H2,14,16)/t8?,9-/m0/s1. The molecular weight excluding hydrogens is 207 g/mol. The Morgan fingerprint density at radius 1 is 1.50 bits per heavy atom. The zero-order valence-electron chi connectivity index (χ0n) is 9.53. The van der Waals surface area contributed by atoms with E-state index in [4.69, 9.17) is 5.73 Å². The maximum absolute atomic E-state index is 13.0. The topological polar surface area (TPSA) is 55.1 Å². The second kappa shape index (κ2) is 5.61. The van der Waals surface area contributed by atoms with Crippen molar-refractivity contribution in [2.45, 2.75) is 19.9 Å². The fraction of sp³-hybridized carbons (Fsp3) is 0.417. The highest BCUT2D eigenvalue weighted by Gasteiger charge is 2.11. The quantitative estimate of drug-likeness (QED) is 0.798. The molecule has 0 saturated carbocycles. The van der Waals surface area contributed by atoms with Crippen LogP contribution in [0.2, 0.25) is 0 Å². The van der Waals surface area contributed by atoms with Crippen molar-refractivity contribution in [1.82, 2.24) is 5.32 Å². The van der Waals surface area contributed by atoms with Crippen LogP contribution in [0.25, 0.3) is 0 Å². The van der Waals surface area contributed by atoms with Crippen LogP contribution in [0.15, 0.2) is 24.3 Å². The SMILES string of the molecule is CC(CN[C@@H](C)c1cccc(F)c1)C(N)=O. The number of hydrogen-bond donors (Lipinski definition) is 2. The summed E-state index contributed by atoms with van der Waals surface area (Å²) < 4.78 is 13.0. The van der Waals surface area contributed by atoms with Gasteiger partial charge in [0.2, 0.25) is 5.91 Å². The van der Waals surface area contributed by atoms with Crippen molar-refractivity contribution in [3.05, 3.63) is 35.6 Å². The molecule has 0 heterocycles. The van der Waals surface area contributed by atoms with Gasteiger partial charge in [0.05, 0.1) is 0 Å². The third kappa shape index (κ3) is 3.62. The van der Waals surface area contributed by atoms with E-state index in [1.807, 2.05) is 13.0 Å². The van der Waals surface area contributed by atoms with Crippen molar-refractivity contribution in [3.63, 3.8) is 0 Å². The number of carbonyl (C=O) groups excluding carboxylic acids is 1. The first-order valence-corrected chi connectivity index (χ1v) is 5.29. The molecule has 0 spiro atoms. The monoisotopic (exact) mass is 224 g/mol. The van der Waals surface area contributed by atoms with E-state index >= 15 is 0 Å². The third-order valence-corrected chi connectivity index (χ3v) is 2.56. The van der Waals surface area contributed by atoms with Crippen LogP contribution >= 0.6 is 0 Å². The summed E-state index contributed by atoms with van der Waals surface area (Å²) in [6, 6.07) is 6.39. The summed E-state index contributed by atoms with van der Waals surface area (Å²) in [5.41, 5.74) is 6.00. The molecule has 2 atom stereocenters. The molecule has 3 nitrogen and oxygen atoms in total. The highest BCUT2D eigenvalue weighted by atomic mass is 19.1. The summed E-state index contributed by atoms with van der Waals surface area (Å²) in [4.78, 5) is 10.8. The zero-order chi connectivity index (χ0) is 12.1. The molecule has 0 aliphatic carbocycles. The van der Waals surface area contributed by atoms with Gasteiger partial charge in [-0.25, -0.2) is 4.39 Å². The lowest BCUT2D eigenvalue weighted by Crippen LogP contribution is -2.32. The van der Waals surface area contributed by atoms with Gasteiger partial charge in [-0.2, -0.15) is 0 Å². The van der Waals surface area contributed by atoms with E-state index in [2.05, 4.69) is 5.32 Å². The number of amides is 1. The van der Waals surface area contributed by atoms with E-state index in [1.165, 1.54) is 12.1 Å². The Labute approximate surface area is 94.8 Å². The first-order valence-electron chi connectivity index (χ1n) is 5.29. The minimum atomic E-state index is -0.334. The summed E-state index contributed by atoms with van der Waals surface area (Å²) in [5, 5.41) is 3.14. The molecule has 88 valence electrons. The van der Waals surface area contributed by atoms with Gasteiger partial charge < -0.3 is 11.1 Å². The van der Waals surface area contributed by atoms with Crippen molar-refractivity contribution < 1.29 is 9.18 Å². The molecule has 16 heavy (non-hydrogen) atoms. The second-order valence-electron chi connectivity index (χ2n) is 3.99. The Morgan fingerprint density at radius 3 is 2.75 bits per heavy atom. The van der Waals surface area contributed by atoms with Gasteiger partial charge in [0.25, 0.3) is 0 Å². The number of nitrogens with one attached hydrogen (secondary N) is 1. The van der Waals surface area contributed by atoms with E-state index < -0.39 is 0 Å². The van der Waals surface area contributed by atoms with Gasteiger partial charge in [0.15, 0.2) is 0 Å². The molecule has 0 aliphatic heterocycles. The van der Waals surface area contributed by atoms with Gasteiger partial charge in [-0.15, -0.1) is 0 Å². The molecule has 0 bridgehead atoms.